The minimum absolute atomic E-state index is 0.0635. The van der Waals surface area contributed by atoms with Gasteiger partial charge < -0.3 is 14.5 Å². The van der Waals surface area contributed by atoms with Gasteiger partial charge in [-0.25, -0.2) is 0 Å². The summed E-state index contributed by atoms with van der Waals surface area (Å²) < 4.78 is 5.35. The Bertz CT molecular complexity index is 990. The number of carbonyl (C=O) groups is 2. The standard InChI is InChI=1S/C28H39N3O3S/c1-4-5-6-7-8-26(32)31-17-16-29(19-21(31)2)27(33)20-30-15-13-25-24(14-18-35-25)28(30)22-9-11-23(34-3)12-10-22/h9-12,14,18,21,28H,4-8,13,15-17,19-20H2,1-3H3/t21-,28+/m1/s1. The quantitative estimate of drug-likeness (QED) is 0.470. The molecule has 0 N–H and O–H groups in total. The van der Waals surface area contributed by atoms with Gasteiger partial charge >= 0.3 is 0 Å². The molecule has 2 amide bonds. The second kappa shape index (κ2) is 12.0. The molecule has 7 heteroatoms. The van der Waals surface area contributed by atoms with Crippen molar-refractivity contribution in [2.24, 2.45) is 0 Å². The van der Waals surface area contributed by atoms with Gasteiger partial charge in [-0.1, -0.05) is 38.3 Å². The maximum atomic E-state index is 13.4. The van der Waals surface area contributed by atoms with Crippen LogP contribution in [0.1, 0.15) is 68.0 Å². The fraction of sp³-hybridized carbons (Fsp3) is 0.571. The minimum atomic E-state index is 0.0635. The van der Waals surface area contributed by atoms with Crippen molar-refractivity contribution >= 4 is 23.2 Å². The van der Waals surface area contributed by atoms with Gasteiger partial charge in [-0.3, -0.25) is 14.5 Å². The first-order valence-electron chi connectivity index (χ1n) is 13.0. The first-order chi connectivity index (χ1) is 17.0. The Balaban J connectivity index is 1.39. The van der Waals surface area contributed by atoms with E-state index < -0.39 is 0 Å². The number of piperazine rings is 1. The monoisotopic (exact) mass is 497 g/mol. The van der Waals surface area contributed by atoms with Gasteiger partial charge in [-0.2, -0.15) is 0 Å². The number of methoxy groups -OCH3 is 1. The molecule has 2 aliphatic heterocycles. The highest BCUT2D eigenvalue weighted by Gasteiger charge is 2.34. The molecule has 1 fully saturated rings. The van der Waals surface area contributed by atoms with E-state index in [-0.39, 0.29) is 23.9 Å². The van der Waals surface area contributed by atoms with Crippen LogP contribution in [0.25, 0.3) is 0 Å². The molecule has 1 aromatic heterocycles. The van der Waals surface area contributed by atoms with Gasteiger partial charge in [0.25, 0.3) is 0 Å². The van der Waals surface area contributed by atoms with Crippen molar-refractivity contribution in [3.63, 3.8) is 0 Å². The predicted octanol–water partition coefficient (Wildman–Crippen LogP) is 4.73. The molecule has 2 aromatic rings. The average Bonchev–Trinajstić information content (AvgIpc) is 3.35. The lowest BCUT2D eigenvalue weighted by Crippen LogP contribution is -2.57. The summed E-state index contributed by atoms with van der Waals surface area (Å²) in [5.74, 6) is 1.23. The number of rotatable bonds is 9. The Kier molecular flexibility index (Phi) is 8.84. The van der Waals surface area contributed by atoms with Crippen LogP contribution in [0.15, 0.2) is 35.7 Å². The van der Waals surface area contributed by atoms with E-state index in [1.807, 2.05) is 33.3 Å². The van der Waals surface area contributed by atoms with E-state index in [2.05, 4.69) is 42.3 Å². The van der Waals surface area contributed by atoms with E-state index in [0.717, 1.165) is 31.6 Å². The molecule has 0 radical (unpaired) electrons. The Morgan fingerprint density at radius 2 is 1.83 bits per heavy atom. The highest BCUT2D eigenvalue weighted by atomic mass is 32.1. The number of hydrogen-bond donors (Lipinski definition) is 0. The number of ether oxygens (including phenoxy) is 1. The van der Waals surface area contributed by atoms with E-state index in [0.29, 0.717) is 32.6 Å². The van der Waals surface area contributed by atoms with E-state index in [4.69, 9.17) is 4.74 Å². The van der Waals surface area contributed by atoms with Crippen LogP contribution >= 0.6 is 11.3 Å². The summed E-state index contributed by atoms with van der Waals surface area (Å²) in [5.41, 5.74) is 2.50. The van der Waals surface area contributed by atoms with Gasteiger partial charge in [0.05, 0.1) is 19.7 Å². The number of carbonyl (C=O) groups excluding carboxylic acids is 2. The summed E-state index contributed by atoms with van der Waals surface area (Å²) in [7, 11) is 1.68. The van der Waals surface area contributed by atoms with Crippen molar-refractivity contribution in [3.05, 3.63) is 51.7 Å². The second-order valence-electron chi connectivity index (χ2n) is 9.78. The lowest BCUT2D eigenvalue weighted by molar-refractivity contribution is -0.143. The highest BCUT2D eigenvalue weighted by molar-refractivity contribution is 7.10. The summed E-state index contributed by atoms with van der Waals surface area (Å²) in [6.07, 6.45) is 6.04. The third-order valence-corrected chi connectivity index (χ3v) is 8.38. The molecule has 0 aliphatic carbocycles. The zero-order chi connectivity index (χ0) is 24.8. The highest BCUT2D eigenvalue weighted by Crippen LogP contribution is 2.38. The zero-order valence-corrected chi connectivity index (χ0v) is 22.2. The Morgan fingerprint density at radius 3 is 2.54 bits per heavy atom. The van der Waals surface area contributed by atoms with Crippen molar-refractivity contribution in [1.82, 2.24) is 14.7 Å². The van der Waals surface area contributed by atoms with Crippen LogP contribution in [-0.4, -0.2) is 72.4 Å². The topological polar surface area (TPSA) is 53.1 Å². The average molecular weight is 498 g/mol. The minimum Gasteiger partial charge on any atom is -0.497 e. The van der Waals surface area contributed by atoms with Crippen molar-refractivity contribution in [1.29, 1.82) is 0 Å². The van der Waals surface area contributed by atoms with Gasteiger partial charge in [-0.15, -0.1) is 11.3 Å². The van der Waals surface area contributed by atoms with E-state index in [1.165, 1.54) is 28.8 Å². The van der Waals surface area contributed by atoms with Crippen LogP contribution in [0.3, 0.4) is 0 Å². The number of nitrogens with zero attached hydrogens (tertiary/aromatic N) is 3. The summed E-state index contributed by atoms with van der Waals surface area (Å²) >= 11 is 1.81. The van der Waals surface area contributed by atoms with Gasteiger partial charge in [0.1, 0.15) is 5.75 Å². The van der Waals surface area contributed by atoms with E-state index in [1.54, 1.807) is 7.11 Å². The van der Waals surface area contributed by atoms with Crippen LogP contribution in [0.4, 0.5) is 0 Å². The van der Waals surface area contributed by atoms with Gasteiger partial charge in [0.15, 0.2) is 0 Å². The smallest absolute Gasteiger partial charge is 0.236 e. The molecule has 0 saturated carbocycles. The molecular weight excluding hydrogens is 458 g/mol. The lowest BCUT2D eigenvalue weighted by atomic mass is 9.93. The van der Waals surface area contributed by atoms with Crippen molar-refractivity contribution in [2.75, 3.05) is 39.8 Å². The molecule has 0 spiro atoms. The molecule has 190 valence electrons. The lowest BCUT2D eigenvalue weighted by Gasteiger charge is -2.42. The molecular formula is C28H39N3O3S. The largest absolute Gasteiger partial charge is 0.497 e. The molecule has 6 nitrogen and oxygen atoms in total. The normalized spacial score (nSPS) is 20.5. The van der Waals surface area contributed by atoms with Crippen LogP contribution in [-0.2, 0) is 16.0 Å². The Labute approximate surface area is 213 Å². The number of thiophene rings is 1. The van der Waals surface area contributed by atoms with Crippen LogP contribution in [0.2, 0.25) is 0 Å². The fourth-order valence-electron chi connectivity index (χ4n) is 5.39. The summed E-state index contributed by atoms with van der Waals surface area (Å²) in [5, 5.41) is 2.16. The number of hydrogen-bond acceptors (Lipinski definition) is 5. The number of amides is 2. The molecule has 2 atom stereocenters. The van der Waals surface area contributed by atoms with Crippen molar-refractivity contribution in [2.45, 2.75) is 64.5 Å². The SMILES string of the molecule is CCCCCCC(=O)N1CCN(C(=O)CN2CCc3sccc3[C@@H]2c2ccc(OC)cc2)C[C@H]1C. The number of benzene rings is 1. The molecule has 0 bridgehead atoms. The molecule has 1 aromatic carbocycles. The van der Waals surface area contributed by atoms with E-state index in [9.17, 15) is 9.59 Å². The molecule has 2 aliphatic rings. The zero-order valence-electron chi connectivity index (χ0n) is 21.4. The third-order valence-electron chi connectivity index (χ3n) is 7.38. The first-order valence-corrected chi connectivity index (χ1v) is 13.9. The van der Waals surface area contributed by atoms with Crippen molar-refractivity contribution in [3.8, 4) is 5.75 Å². The molecule has 4 rings (SSSR count). The second-order valence-corrected chi connectivity index (χ2v) is 10.8. The summed E-state index contributed by atoms with van der Waals surface area (Å²) in [6, 6.07) is 10.6. The van der Waals surface area contributed by atoms with Gasteiger partial charge in [0.2, 0.25) is 11.8 Å². The molecule has 35 heavy (non-hydrogen) atoms. The Morgan fingerprint density at radius 1 is 1.03 bits per heavy atom. The van der Waals surface area contributed by atoms with Gasteiger partial charge in [0, 0.05) is 43.5 Å². The molecule has 0 unspecified atom stereocenters. The summed E-state index contributed by atoms with van der Waals surface area (Å²) in [6.45, 7) is 7.38. The first kappa shape index (κ1) is 25.7. The Hall–Kier alpha value is -2.38. The number of unbranched alkanes of at least 4 members (excludes halogenated alkanes) is 3. The number of fused-ring (bicyclic) bond motifs is 1. The fourth-order valence-corrected chi connectivity index (χ4v) is 6.29. The molecule has 1 saturated heterocycles. The summed E-state index contributed by atoms with van der Waals surface area (Å²) in [4.78, 5) is 33.8. The maximum absolute atomic E-state index is 13.4. The van der Waals surface area contributed by atoms with E-state index >= 15 is 0 Å². The molecule has 3 heterocycles. The van der Waals surface area contributed by atoms with Crippen molar-refractivity contribution < 1.29 is 14.3 Å². The van der Waals surface area contributed by atoms with Crippen LogP contribution in [0, 0.1) is 0 Å². The predicted molar refractivity (Wildman–Crippen MR) is 141 cm³/mol. The van der Waals surface area contributed by atoms with Gasteiger partial charge in [-0.05, 0) is 54.5 Å². The van der Waals surface area contributed by atoms with Crippen LogP contribution in [0.5, 0.6) is 5.75 Å². The van der Waals surface area contributed by atoms with Crippen LogP contribution < -0.4 is 4.74 Å². The third kappa shape index (κ3) is 6.07. The maximum Gasteiger partial charge on any atom is 0.236 e.